The Morgan fingerprint density at radius 2 is 1.80 bits per heavy atom. The quantitative estimate of drug-likeness (QED) is 0.468. The Morgan fingerprint density at radius 3 is 2.46 bits per heavy atom. The van der Waals surface area contributed by atoms with Gasteiger partial charge in [-0.25, -0.2) is 0 Å². The van der Waals surface area contributed by atoms with Gasteiger partial charge in [0.15, 0.2) is 0 Å². The first kappa shape index (κ1) is 29.8. The van der Waals surface area contributed by atoms with E-state index < -0.39 is 0 Å². The molecule has 224 valence electrons. The number of nitrogens with zero attached hydrogens (tertiary/aromatic N) is 2. The Labute approximate surface area is 244 Å². The monoisotopic (exact) mass is 564 g/mol. The number of hydrogen-bond acceptors (Lipinski definition) is 6. The van der Waals surface area contributed by atoms with Crippen molar-refractivity contribution in [3.63, 3.8) is 0 Å². The number of rotatable bonds is 9. The molecular formula is C33H48N4O4. The van der Waals surface area contributed by atoms with Crippen molar-refractivity contribution in [2.45, 2.75) is 91.5 Å². The van der Waals surface area contributed by atoms with E-state index in [1.54, 1.807) is 0 Å². The minimum atomic E-state index is -0.141. The van der Waals surface area contributed by atoms with Crippen molar-refractivity contribution in [2.24, 2.45) is 5.92 Å². The van der Waals surface area contributed by atoms with E-state index in [1.807, 2.05) is 19.9 Å². The van der Waals surface area contributed by atoms with Crippen molar-refractivity contribution >= 4 is 11.6 Å². The second-order valence-electron chi connectivity index (χ2n) is 12.5. The van der Waals surface area contributed by atoms with Crippen molar-refractivity contribution in [3.05, 3.63) is 62.1 Å². The fraction of sp³-hybridized carbons (Fsp3) is 0.636. The van der Waals surface area contributed by atoms with Crippen LogP contribution < -0.4 is 15.8 Å². The third kappa shape index (κ3) is 6.87. The average Bonchev–Trinajstić information content (AvgIpc) is 3.68. The van der Waals surface area contributed by atoms with Crippen LogP contribution in [-0.2, 0) is 16.0 Å². The molecule has 1 aromatic heterocycles. The normalized spacial score (nSPS) is 25.2. The summed E-state index contributed by atoms with van der Waals surface area (Å²) in [6.45, 7) is 18.0. The maximum absolute atomic E-state index is 13.7. The third-order valence-electron chi connectivity index (χ3n) is 9.19. The Morgan fingerprint density at radius 1 is 1.10 bits per heavy atom. The standard InChI is InChI=1S/C33H48N4O4/c1-7-37(27-8-10-40-11-9-27)31-15-25(29-14-26(29)19-36-17-22(4)41-23(5)18-36)13-28(24(31)6)32(38)34-16-30-20(2)12-21(3)35-33(30)39/h12-13,15,22-23,26-27,29H,7-11,14,16-19H2,1-6H3,(H,34,38)(H,35,39). The van der Waals surface area contributed by atoms with Gasteiger partial charge in [0.05, 0.1) is 12.2 Å². The lowest BCUT2D eigenvalue weighted by molar-refractivity contribution is -0.0690. The molecule has 0 radical (unpaired) electrons. The molecule has 2 aromatic rings. The van der Waals surface area contributed by atoms with Crippen molar-refractivity contribution in [2.75, 3.05) is 44.3 Å². The topological polar surface area (TPSA) is 86.9 Å². The van der Waals surface area contributed by atoms with Gasteiger partial charge in [-0.15, -0.1) is 0 Å². The highest BCUT2D eigenvalue weighted by atomic mass is 16.5. The van der Waals surface area contributed by atoms with E-state index in [1.165, 1.54) is 5.56 Å². The van der Waals surface area contributed by atoms with Gasteiger partial charge in [0.2, 0.25) is 0 Å². The molecule has 1 saturated carbocycles. The molecule has 0 spiro atoms. The fourth-order valence-corrected chi connectivity index (χ4v) is 7.08. The van der Waals surface area contributed by atoms with E-state index in [0.717, 1.165) is 81.2 Å². The summed E-state index contributed by atoms with van der Waals surface area (Å²) in [6, 6.07) is 6.82. The first-order valence-corrected chi connectivity index (χ1v) is 15.5. The molecule has 8 heteroatoms. The highest BCUT2D eigenvalue weighted by molar-refractivity contribution is 5.97. The number of carbonyl (C=O) groups excluding carboxylic acids is 1. The predicted octanol–water partition coefficient (Wildman–Crippen LogP) is 4.45. The summed E-state index contributed by atoms with van der Waals surface area (Å²) < 4.78 is 11.6. The lowest BCUT2D eigenvalue weighted by Gasteiger charge is -2.37. The zero-order valence-corrected chi connectivity index (χ0v) is 25.7. The Hall–Kier alpha value is -2.68. The molecule has 1 aliphatic carbocycles. The van der Waals surface area contributed by atoms with Gasteiger partial charge in [0.25, 0.3) is 11.5 Å². The zero-order chi connectivity index (χ0) is 29.3. The molecule has 41 heavy (non-hydrogen) atoms. The molecule has 2 aliphatic heterocycles. The zero-order valence-electron chi connectivity index (χ0n) is 25.7. The minimum absolute atomic E-state index is 0.124. The molecule has 0 bridgehead atoms. The van der Waals surface area contributed by atoms with Crippen LogP contribution in [0.25, 0.3) is 0 Å². The second kappa shape index (κ2) is 12.7. The number of morpholine rings is 1. The maximum Gasteiger partial charge on any atom is 0.253 e. The summed E-state index contributed by atoms with van der Waals surface area (Å²) in [7, 11) is 0. The van der Waals surface area contributed by atoms with Crippen LogP contribution in [0.2, 0.25) is 0 Å². The van der Waals surface area contributed by atoms with Gasteiger partial charge in [-0.1, -0.05) is 0 Å². The number of nitrogens with one attached hydrogen (secondary N) is 2. The van der Waals surface area contributed by atoms with E-state index in [4.69, 9.17) is 9.47 Å². The lowest BCUT2D eigenvalue weighted by Crippen LogP contribution is -2.46. The first-order valence-electron chi connectivity index (χ1n) is 15.5. The number of aromatic amines is 1. The van der Waals surface area contributed by atoms with E-state index in [9.17, 15) is 9.59 Å². The minimum Gasteiger partial charge on any atom is -0.381 e. The van der Waals surface area contributed by atoms with Crippen LogP contribution in [0.15, 0.2) is 23.0 Å². The van der Waals surface area contributed by atoms with Crippen molar-refractivity contribution in [1.29, 1.82) is 0 Å². The molecule has 4 unspecified atom stereocenters. The number of benzene rings is 1. The molecule has 3 heterocycles. The number of carbonyl (C=O) groups is 1. The van der Waals surface area contributed by atoms with Gasteiger partial charge in [-0.05, 0) is 108 Å². The summed E-state index contributed by atoms with van der Waals surface area (Å²) in [5, 5.41) is 3.07. The Bertz CT molecular complexity index is 1290. The summed E-state index contributed by atoms with van der Waals surface area (Å²) in [6.07, 6.45) is 3.66. The molecule has 1 amide bonds. The largest absolute Gasteiger partial charge is 0.381 e. The van der Waals surface area contributed by atoms with Crippen molar-refractivity contribution < 1.29 is 14.3 Å². The number of amides is 1. The SMILES string of the molecule is CCN(c1cc(C2CC2CN2CC(C)OC(C)C2)cc(C(=O)NCc2c(C)cc(C)[nH]c2=O)c1C)C1CCOCC1. The predicted molar refractivity (Wildman–Crippen MR) is 163 cm³/mol. The number of hydrogen-bond donors (Lipinski definition) is 2. The summed E-state index contributed by atoms with van der Waals surface area (Å²) in [5.41, 5.74) is 6.30. The van der Waals surface area contributed by atoms with Crippen LogP contribution >= 0.6 is 0 Å². The average molecular weight is 565 g/mol. The van der Waals surface area contributed by atoms with E-state index in [2.05, 4.69) is 59.9 Å². The smallest absolute Gasteiger partial charge is 0.253 e. The van der Waals surface area contributed by atoms with E-state index >= 15 is 0 Å². The summed E-state index contributed by atoms with van der Waals surface area (Å²) >= 11 is 0. The molecule has 2 N–H and O–H groups in total. The van der Waals surface area contributed by atoms with Crippen LogP contribution in [0.3, 0.4) is 0 Å². The molecule has 3 aliphatic rings. The lowest BCUT2D eigenvalue weighted by atomic mass is 9.96. The number of H-pyrrole nitrogens is 1. The highest BCUT2D eigenvalue weighted by Crippen LogP contribution is 2.49. The van der Waals surface area contributed by atoms with Gasteiger partial charge >= 0.3 is 0 Å². The second-order valence-corrected chi connectivity index (χ2v) is 12.5. The third-order valence-corrected chi connectivity index (χ3v) is 9.19. The number of pyridine rings is 1. The summed E-state index contributed by atoms with van der Waals surface area (Å²) in [5.74, 6) is 0.914. The number of aryl methyl sites for hydroxylation is 2. The van der Waals surface area contributed by atoms with Gasteiger partial charge < -0.3 is 24.7 Å². The molecule has 1 aromatic carbocycles. The van der Waals surface area contributed by atoms with Crippen LogP contribution in [-0.4, -0.2) is 73.4 Å². The van der Waals surface area contributed by atoms with Gasteiger partial charge in [0, 0.05) is 74.5 Å². The van der Waals surface area contributed by atoms with Gasteiger partial charge in [-0.3, -0.25) is 14.5 Å². The van der Waals surface area contributed by atoms with E-state index in [0.29, 0.717) is 29.0 Å². The number of aromatic nitrogens is 1. The van der Waals surface area contributed by atoms with Crippen molar-refractivity contribution in [1.82, 2.24) is 15.2 Å². The van der Waals surface area contributed by atoms with Crippen LogP contribution in [0.5, 0.6) is 0 Å². The Kier molecular flexibility index (Phi) is 9.21. The van der Waals surface area contributed by atoms with Gasteiger partial charge in [0.1, 0.15) is 0 Å². The number of ether oxygens (including phenoxy) is 2. The molecule has 8 nitrogen and oxygen atoms in total. The molecular weight excluding hydrogens is 516 g/mol. The first-order chi connectivity index (χ1) is 19.6. The van der Waals surface area contributed by atoms with Crippen molar-refractivity contribution in [3.8, 4) is 0 Å². The molecule has 2 saturated heterocycles. The Balaban J connectivity index is 1.41. The molecule has 5 rings (SSSR count). The summed E-state index contributed by atoms with van der Waals surface area (Å²) in [4.78, 5) is 34.2. The fourth-order valence-electron chi connectivity index (χ4n) is 7.08. The molecule has 3 fully saturated rings. The van der Waals surface area contributed by atoms with E-state index in [-0.39, 0.29) is 30.2 Å². The number of anilines is 1. The highest BCUT2D eigenvalue weighted by Gasteiger charge is 2.41. The molecule has 4 atom stereocenters. The van der Waals surface area contributed by atoms with Crippen LogP contribution in [0, 0.1) is 26.7 Å². The maximum atomic E-state index is 13.7. The van der Waals surface area contributed by atoms with Gasteiger partial charge in [-0.2, -0.15) is 0 Å². The van der Waals surface area contributed by atoms with Crippen LogP contribution in [0.4, 0.5) is 5.69 Å². The van der Waals surface area contributed by atoms with Crippen LogP contribution in [0.1, 0.15) is 84.3 Å².